The Kier molecular flexibility index (Phi) is 7.45. The van der Waals surface area contributed by atoms with Crippen molar-refractivity contribution in [2.24, 2.45) is 0 Å². The van der Waals surface area contributed by atoms with Crippen molar-refractivity contribution >= 4 is 0 Å². The SMILES string of the molecule is CCOc1ccc(-c2nc(OCCOC)nc(-c3ccc(OCC)cc3O)n2)c(O)c1. The molecule has 0 bridgehead atoms. The van der Waals surface area contributed by atoms with E-state index in [0.29, 0.717) is 42.4 Å². The highest BCUT2D eigenvalue weighted by atomic mass is 16.5. The van der Waals surface area contributed by atoms with Crippen molar-refractivity contribution in [1.29, 1.82) is 0 Å². The third-order valence-electron chi connectivity index (χ3n) is 4.18. The predicted molar refractivity (Wildman–Crippen MR) is 114 cm³/mol. The molecule has 0 atom stereocenters. The summed E-state index contributed by atoms with van der Waals surface area (Å²) >= 11 is 0. The van der Waals surface area contributed by atoms with Gasteiger partial charge in [0.2, 0.25) is 0 Å². The van der Waals surface area contributed by atoms with E-state index in [4.69, 9.17) is 18.9 Å². The van der Waals surface area contributed by atoms with Gasteiger partial charge >= 0.3 is 6.01 Å². The van der Waals surface area contributed by atoms with Crippen LogP contribution in [-0.2, 0) is 4.74 Å². The summed E-state index contributed by atoms with van der Waals surface area (Å²) in [5.74, 6) is 1.32. The first-order valence-electron chi connectivity index (χ1n) is 9.85. The maximum atomic E-state index is 10.5. The normalized spacial score (nSPS) is 10.7. The van der Waals surface area contributed by atoms with Gasteiger partial charge in [0.1, 0.15) is 29.6 Å². The molecule has 0 saturated heterocycles. The molecule has 3 aromatic rings. The Morgan fingerprint density at radius 2 is 1.23 bits per heavy atom. The van der Waals surface area contributed by atoms with Gasteiger partial charge < -0.3 is 29.2 Å². The molecule has 2 N–H and O–H groups in total. The number of hydrogen-bond acceptors (Lipinski definition) is 9. The van der Waals surface area contributed by atoms with Gasteiger partial charge in [0, 0.05) is 19.2 Å². The fraction of sp³-hybridized carbons (Fsp3) is 0.318. The maximum Gasteiger partial charge on any atom is 0.320 e. The molecule has 9 heteroatoms. The van der Waals surface area contributed by atoms with Gasteiger partial charge in [-0.2, -0.15) is 9.97 Å². The molecule has 0 spiro atoms. The monoisotopic (exact) mass is 427 g/mol. The maximum absolute atomic E-state index is 10.5. The summed E-state index contributed by atoms with van der Waals surface area (Å²) in [6.45, 7) is 5.24. The number of methoxy groups -OCH3 is 1. The van der Waals surface area contributed by atoms with Gasteiger partial charge in [-0.25, -0.2) is 4.98 Å². The van der Waals surface area contributed by atoms with E-state index in [1.807, 2.05) is 13.8 Å². The third-order valence-corrected chi connectivity index (χ3v) is 4.18. The van der Waals surface area contributed by atoms with E-state index in [9.17, 15) is 10.2 Å². The number of aromatic nitrogens is 3. The molecule has 9 nitrogen and oxygen atoms in total. The number of hydrogen-bond donors (Lipinski definition) is 2. The molecule has 0 aliphatic heterocycles. The Hall–Kier alpha value is -3.59. The van der Waals surface area contributed by atoms with Crippen molar-refractivity contribution in [3.8, 4) is 51.8 Å². The van der Waals surface area contributed by atoms with Crippen molar-refractivity contribution < 1.29 is 29.2 Å². The van der Waals surface area contributed by atoms with Crippen molar-refractivity contribution in [2.45, 2.75) is 13.8 Å². The van der Waals surface area contributed by atoms with Crippen molar-refractivity contribution in [3.05, 3.63) is 36.4 Å². The largest absolute Gasteiger partial charge is 0.507 e. The van der Waals surface area contributed by atoms with Crippen LogP contribution in [0.15, 0.2) is 36.4 Å². The number of phenolic OH excluding ortho intramolecular Hbond substituents is 2. The van der Waals surface area contributed by atoms with Gasteiger partial charge in [-0.1, -0.05) is 0 Å². The van der Waals surface area contributed by atoms with Gasteiger partial charge in [0.25, 0.3) is 0 Å². The number of benzene rings is 2. The molecule has 3 rings (SSSR count). The molecule has 0 radical (unpaired) electrons. The van der Waals surface area contributed by atoms with Crippen molar-refractivity contribution in [2.75, 3.05) is 33.5 Å². The van der Waals surface area contributed by atoms with Gasteiger partial charge in [-0.3, -0.25) is 0 Å². The lowest BCUT2D eigenvalue weighted by Gasteiger charge is -2.12. The lowest BCUT2D eigenvalue weighted by atomic mass is 10.1. The molecular formula is C22H25N3O6. The van der Waals surface area contributed by atoms with E-state index in [2.05, 4.69) is 15.0 Å². The van der Waals surface area contributed by atoms with Crippen LogP contribution < -0.4 is 14.2 Å². The smallest absolute Gasteiger partial charge is 0.320 e. The Morgan fingerprint density at radius 1 is 0.710 bits per heavy atom. The number of rotatable bonds is 10. The molecule has 31 heavy (non-hydrogen) atoms. The number of ether oxygens (including phenoxy) is 4. The number of aromatic hydroxyl groups is 2. The quantitative estimate of drug-likeness (QED) is 0.469. The summed E-state index contributed by atoms with van der Waals surface area (Å²) in [5, 5.41) is 21.0. The van der Waals surface area contributed by atoms with Crippen LogP contribution in [0.3, 0.4) is 0 Å². The van der Waals surface area contributed by atoms with Crippen LogP contribution in [-0.4, -0.2) is 58.7 Å². The molecule has 2 aromatic carbocycles. The molecule has 1 heterocycles. The molecule has 0 fully saturated rings. The van der Waals surface area contributed by atoms with Crippen LogP contribution in [0.1, 0.15) is 13.8 Å². The van der Waals surface area contributed by atoms with E-state index in [0.717, 1.165) is 0 Å². The first-order valence-corrected chi connectivity index (χ1v) is 9.85. The fourth-order valence-electron chi connectivity index (χ4n) is 2.79. The Balaban J connectivity index is 2.05. The predicted octanol–water partition coefficient (Wildman–Crippen LogP) is 3.44. The minimum atomic E-state index is -0.0538. The zero-order chi connectivity index (χ0) is 22.2. The lowest BCUT2D eigenvalue weighted by Crippen LogP contribution is -2.09. The Labute approximate surface area is 180 Å². The second-order valence-electron chi connectivity index (χ2n) is 6.33. The summed E-state index contributed by atoms with van der Waals surface area (Å²) < 4.78 is 21.4. The van der Waals surface area contributed by atoms with Crippen LogP contribution in [0.2, 0.25) is 0 Å². The highest BCUT2D eigenvalue weighted by molar-refractivity contribution is 5.70. The third kappa shape index (κ3) is 5.52. The van der Waals surface area contributed by atoms with Crippen LogP contribution in [0.4, 0.5) is 0 Å². The van der Waals surface area contributed by atoms with E-state index in [1.54, 1.807) is 31.4 Å². The molecule has 0 saturated carbocycles. The van der Waals surface area contributed by atoms with Crippen molar-refractivity contribution in [1.82, 2.24) is 15.0 Å². The topological polar surface area (TPSA) is 116 Å². The Morgan fingerprint density at radius 3 is 1.65 bits per heavy atom. The first-order chi connectivity index (χ1) is 15.0. The van der Waals surface area contributed by atoms with Crippen molar-refractivity contribution in [3.63, 3.8) is 0 Å². The van der Waals surface area contributed by atoms with Gasteiger partial charge in [0.15, 0.2) is 11.6 Å². The average molecular weight is 427 g/mol. The average Bonchev–Trinajstić information content (AvgIpc) is 2.74. The molecular weight excluding hydrogens is 402 g/mol. The molecule has 0 aliphatic carbocycles. The number of phenols is 2. The summed E-state index contributed by atoms with van der Waals surface area (Å²) in [7, 11) is 1.56. The standard InChI is InChI=1S/C22H25N3O6/c1-4-29-14-6-8-16(18(26)12-14)20-23-21(25-22(24-20)31-11-10-28-3)17-9-7-15(30-5-2)13-19(17)27/h6-9,12-13,26-27H,4-5,10-11H2,1-3H3. The summed E-state index contributed by atoms with van der Waals surface area (Å²) in [5.41, 5.74) is 0.739. The van der Waals surface area contributed by atoms with Crippen LogP contribution in [0.25, 0.3) is 22.8 Å². The van der Waals surface area contributed by atoms with E-state index < -0.39 is 0 Å². The van der Waals surface area contributed by atoms with E-state index in [1.165, 1.54) is 12.1 Å². The van der Waals surface area contributed by atoms with Gasteiger partial charge in [-0.05, 0) is 38.1 Å². The van der Waals surface area contributed by atoms with Crippen LogP contribution in [0, 0.1) is 0 Å². The zero-order valence-electron chi connectivity index (χ0n) is 17.7. The molecule has 164 valence electrons. The zero-order valence-corrected chi connectivity index (χ0v) is 17.7. The lowest BCUT2D eigenvalue weighted by molar-refractivity contribution is 0.141. The summed E-state index contributed by atoms with van der Waals surface area (Å²) in [6.07, 6.45) is 0. The first kappa shape index (κ1) is 22.1. The van der Waals surface area contributed by atoms with Crippen LogP contribution in [0.5, 0.6) is 29.0 Å². The highest BCUT2D eigenvalue weighted by Gasteiger charge is 2.17. The van der Waals surface area contributed by atoms with E-state index >= 15 is 0 Å². The van der Waals surface area contributed by atoms with Gasteiger partial charge in [-0.15, -0.1) is 0 Å². The number of nitrogens with zero attached hydrogens (tertiary/aromatic N) is 3. The van der Waals surface area contributed by atoms with Gasteiger partial charge in [0.05, 0.1) is 30.9 Å². The molecule has 0 amide bonds. The minimum Gasteiger partial charge on any atom is -0.507 e. The van der Waals surface area contributed by atoms with Crippen LogP contribution >= 0.6 is 0 Å². The second kappa shape index (κ2) is 10.4. The minimum absolute atomic E-state index is 0.0404. The summed E-state index contributed by atoms with van der Waals surface area (Å²) in [4.78, 5) is 13.1. The molecule has 0 unspecified atom stereocenters. The molecule has 1 aromatic heterocycles. The summed E-state index contributed by atoms with van der Waals surface area (Å²) in [6, 6.07) is 9.74. The Bertz CT molecular complexity index is 954. The van der Waals surface area contributed by atoms with E-state index in [-0.39, 0.29) is 35.8 Å². The molecule has 0 aliphatic rings. The highest BCUT2D eigenvalue weighted by Crippen LogP contribution is 2.35. The second-order valence-corrected chi connectivity index (χ2v) is 6.33. The fourth-order valence-corrected chi connectivity index (χ4v) is 2.79.